The molecule has 0 heterocycles. The first-order valence-corrected chi connectivity index (χ1v) is 5.23. The average Bonchev–Trinajstić information content (AvgIpc) is 2.66. The number of methoxy groups -OCH3 is 1. The summed E-state index contributed by atoms with van der Waals surface area (Å²) in [5, 5.41) is -0.397. The van der Waals surface area contributed by atoms with Gasteiger partial charge in [-0.1, -0.05) is 31.5 Å². The van der Waals surface area contributed by atoms with Gasteiger partial charge in [-0.05, 0) is 22.9 Å². The second kappa shape index (κ2) is 4.14. The fourth-order valence-corrected chi connectivity index (χ4v) is 2.38. The first kappa shape index (κ1) is 12.5. The van der Waals surface area contributed by atoms with Gasteiger partial charge in [-0.2, -0.15) is 0 Å². The zero-order chi connectivity index (χ0) is 11.8. The Hall–Kier alpha value is -0.540. The molecule has 0 aliphatic heterocycles. The molecule has 84 valence electrons. The third-order valence-electron chi connectivity index (χ3n) is 2.86. The highest BCUT2D eigenvalue weighted by Crippen LogP contribution is 2.60. The van der Waals surface area contributed by atoms with Crippen LogP contribution in [-0.4, -0.2) is 18.3 Å². The van der Waals surface area contributed by atoms with Crippen molar-refractivity contribution in [2.75, 3.05) is 7.11 Å². The number of hydrogen-bond donors (Lipinski definition) is 0. The molecule has 0 N–H and O–H groups in total. The van der Waals surface area contributed by atoms with E-state index < -0.39 is 11.2 Å². The predicted molar refractivity (Wildman–Crippen MR) is 57.6 cm³/mol. The lowest BCUT2D eigenvalue weighted by molar-refractivity contribution is -0.135. The van der Waals surface area contributed by atoms with Crippen molar-refractivity contribution in [3.63, 3.8) is 0 Å². The van der Waals surface area contributed by atoms with E-state index >= 15 is 0 Å². The zero-order valence-corrected chi connectivity index (χ0v) is 10.2. The minimum Gasteiger partial charge on any atom is -0.465 e. The summed E-state index contributed by atoms with van der Waals surface area (Å²) in [5.41, 5.74) is -0.229. The van der Waals surface area contributed by atoms with Crippen LogP contribution in [0.3, 0.4) is 0 Å². The quantitative estimate of drug-likeness (QED) is 0.439. The number of esters is 1. The third kappa shape index (κ3) is 2.34. The molecule has 15 heavy (non-hydrogen) atoms. The number of ether oxygens (including phenoxy) is 1. The molecule has 0 aromatic carbocycles. The Morgan fingerprint density at radius 1 is 1.33 bits per heavy atom. The van der Waals surface area contributed by atoms with E-state index in [4.69, 9.17) is 23.2 Å². The molecule has 3 nitrogen and oxygen atoms in total. The summed E-state index contributed by atoms with van der Waals surface area (Å²) in [6.07, 6.45) is 1.54. The molecule has 5 heteroatoms. The molecule has 0 spiro atoms. The Balaban J connectivity index is 2.78. The Bertz CT molecular complexity index is 334. The molecule has 0 aromatic rings. The minimum absolute atomic E-state index is 0.00371. The van der Waals surface area contributed by atoms with Crippen LogP contribution in [0.1, 0.15) is 13.8 Å². The number of halogens is 2. The average molecular weight is 251 g/mol. The van der Waals surface area contributed by atoms with Crippen molar-refractivity contribution in [2.45, 2.75) is 13.8 Å². The predicted octanol–water partition coefficient (Wildman–Crippen LogP) is 2.32. The van der Waals surface area contributed by atoms with Gasteiger partial charge in [-0.25, -0.2) is 4.79 Å². The van der Waals surface area contributed by atoms with Crippen molar-refractivity contribution >= 4 is 34.4 Å². The second-order valence-corrected chi connectivity index (χ2v) is 4.91. The van der Waals surface area contributed by atoms with Crippen molar-refractivity contribution in [1.29, 1.82) is 0 Å². The van der Waals surface area contributed by atoms with Gasteiger partial charge in [0.05, 0.1) is 7.11 Å². The maximum Gasteiger partial charge on any atom is 0.349 e. The van der Waals surface area contributed by atoms with Gasteiger partial charge in [0.1, 0.15) is 5.03 Å². The number of allylic oxidation sites excluding steroid dienone is 1. The highest BCUT2D eigenvalue weighted by Gasteiger charge is 2.60. The molecular weight excluding hydrogens is 239 g/mol. The monoisotopic (exact) mass is 250 g/mol. The van der Waals surface area contributed by atoms with Crippen LogP contribution in [-0.2, 0) is 14.3 Å². The summed E-state index contributed by atoms with van der Waals surface area (Å²) in [6.45, 7) is 3.81. The number of rotatable bonds is 3. The number of hydrogen-bond acceptors (Lipinski definition) is 3. The number of carbonyl (C=O) groups is 2. The van der Waals surface area contributed by atoms with Crippen LogP contribution < -0.4 is 0 Å². The molecule has 2 unspecified atom stereocenters. The van der Waals surface area contributed by atoms with Crippen LogP contribution in [0.25, 0.3) is 0 Å². The van der Waals surface area contributed by atoms with E-state index in [-0.39, 0.29) is 22.3 Å². The van der Waals surface area contributed by atoms with Gasteiger partial charge in [0.15, 0.2) is 0 Å². The summed E-state index contributed by atoms with van der Waals surface area (Å²) in [7, 11) is 1.25. The van der Waals surface area contributed by atoms with Crippen LogP contribution in [0.4, 0.5) is 0 Å². The van der Waals surface area contributed by atoms with Crippen molar-refractivity contribution in [2.24, 2.45) is 17.3 Å². The van der Waals surface area contributed by atoms with Gasteiger partial charge in [-0.15, -0.1) is 0 Å². The minimum atomic E-state index is -0.597. The molecular formula is C10H12Cl2O3. The summed E-state index contributed by atoms with van der Waals surface area (Å²) in [4.78, 5) is 22.1. The molecule has 1 rings (SSSR count). The van der Waals surface area contributed by atoms with E-state index in [9.17, 15) is 9.59 Å². The van der Waals surface area contributed by atoms with Crippen LogP contribution in [0.5, 0.6) is 0 Å². The van der Waals surface area contributed by atoms with Crippen molar-refractivity contribution < 1.29 is 14.3 Å². The van der Waals surface area contributed by atoms with E-state index in [1.165, 1.54) is 7.11 Å². The zero-order valence-electron chi connectivity index (χ0n) is 8.71. The lowest BCUT2D eigenvalue weighted by atomic mass is 10.1. The Labute approximate surface area is 98.4 Å². The van der Waals surface area contributed by atoms with Crippen molar-refractivity contribution in [1.82, 2.24) is 0 Å². The highest BCUT2D eigenvalue weighted by molar-refractivity contribution is 6.64. The van der Waals surface area contributed by atoms with E-state index in [0.717, 1.165) is 0 Å². The van der Waals surface area contributed by atoms with Crippen LogP contribution in [0, 0.1) is 17.3 Å². The van der Waals surface area contributed by atoms with E-state index in [1.54, 1.807) is 6.08 Å². The Morgan fingerprint density at radius 3 is 2.20 bits per heavy atom. The molecule has 0 aromatic heterocycles. The van der Waals surface area contributed by atoms with E-state index in [2.05, 4.69) is 4.74 Å². The molecule has 0 saturated heterocycles. The van der Waals surface area contributed by atoms with Gasteiger partial charge in [0.2, 0.25) is 5.24 Å². The standard InChI is InChI=1S/C10H12Cl2O3/c1-10(2)5(7(10)8(12)13)4-6(11)9(14)15-3/h4-5,7H,1-3H3/b6-4+. The molecule has 0 amide bonds. The lowest BCUT2D eigenvalue weighted by Gasteiger charge is -1.98. The Kier molecular flexibility index (Phi) is 3.46. The summed E-state index contributed by atoms with van der Waals surface area (Å²) in [6, 6.07) is 0. The maximum absolute atomic E-state index is 11.0. The van der Waals surface area contributed by atoms with Crippen molar-refractivity contribution in [3.05, 3.63) is 11.1 Å². The second-order valence-electron chi connectivity index (χ2n) is 4.14. The molecule has 0 bridgehead atoms. The molecule has 1 saturated carbocycles. The van der Waals surface area contributed by atoms with E-state index in [1.807, 2.05) is 13.8 Å². The van der Waals surface area contributed by atoms with Crippen LogP contribution in [0.2, 0.25) is 0 Å². The molecule has 1 aliphatic carbocycles. The fourth-order valence-electron chi connectivity index (χ4n) is 1.75. The van der Waals surface area contributed by atoms with Gasteiger partial charge in [-0.3, -0.25) is 4.79 Å². The maximum atomic E-state index is 11.0. The van der Waals surface area contributed by atoms with Crippen LogP contribution in [0.15, 0.2) is 11.1 Å². The summed E-state index contributed by atoms with van der Waals surface area (Å²) in [5.74, 6) is -0.952. The van der Waals surface area contributed by atoms with Gasteiger partial charge >= 0.3 is 5.97 Å². The summed E-state index contributed by atoms with van der Waals surface area (Å²) >= 11 is 11.1. The van der Waals surface area contributed by atoms with Crippen LogP contribution >= 0.6 is 23.2 Å². The molecule has 0 radical (unpaired) electrons. The lowest BCUT2D eigenvalue weighted by Crippen LogP contribution is -2.00. The van der Waals surface area contributed by atoms with Gasteiger partial charge < -0.3 is 4.74 Å². The smallest absolute Gasteiger partial charge is 0.349 e. The highest BCUT2D eigenvalue weighted by atomic mass is 35.5. The van der Waals surface area contributed by atoms with Gasteiger partial charge in [0, 0.05) is 5.92 Å². The van der Waals surface area contributed by atoms with E-state index in [0.29, 0.717) is 0 Å². The SMILES string of the molecule is COC(=O)/C(Cl)=C\C1C(C(=O)Cl)C1(C)C. The third-order valence-corrected chi connectivity index (χ3v) is 3.38. The summed E-state index contributed by atoms with van der Waals surface area (Å²) < 4.78 is 4.45. The first-order valence-electron chi connectivity index (χ1n) is 4.47. The van der Waals surface area contributed by atoms with Gasteiger partial charge in [0.25, 0.3) is 0 Å². The van der Waals surface area contributed by atoms with Crippen molar-refractivity contribution in [3.8, 4) is 0 Å². The first-order chi connectivity index (χ1) is 6.82. The molecule has 1 fully saturated rings. The number of carbonyl (C=O) groups excluding carboxylic acids is 2. The Morgan fingerprint density at radius 2 is 1.87 bits per heavy atom. The normalized spacial score (nSPS) is 28.5. The largest absolute Gasteiger partial charge is 0.465 e. The molecule has 2 atom stereocenters. The fraction of sp³-hybridized carbons (Fsp3) is 0.600. The topological polar surface area (TPSA) is 43.4 Å². The molecule has 1 aliphatic rings.